The van der Waals surface area contributed by atoms with Crippen molar-refractivity contribution in [1.82, 2.24) is 10.2 Å². The van der Waals surface area contributed by atoms with Gasteiger partial charge in [-0.2, -0.15) is 0 Å². The van der Waals surface area contributed by atoms with E-state index in [1.807, 2.05) is 36.4 Å². The Morgan fingerprint density at radius 1 is 0.970 bits per heavy atom. The fourth-order valence-corrected chi connectivity index (χ4v) is 3.58. The molecule has 1 N–H and O–H groups in total. The number of fused-ring (bicyclic) bond motifs is 1. The van der Waals surface area contributed by atoms with Crippen LogP contribution < -0.4 is 10.1 Å². The number of nitrogens with zero attached hydrogens (tertiary/aromatic N) is 1. The van der Waals surface area contributed by atoms with Gasteiger partial charge in [0.1, 0.15) is 12.3 Å². The van der Waals surface area contributed by atoms with Crippen molar-refractivity contribution >= 4 is 51.8 Å². The van der Waals surface area contributed by atoms with E-state index in [4.69, 9.17) is 32.7 Å². The molecular weight excluding hydrogens is 467 g/mol. The molecule has 9 heteroatoms. The highest BCUT2D eigenvalue weighted by atomic mass is 35.5. The molecule has 172 valence electrons. The lowest BCUT2D eigenvalue weighted by molar-refractivity contribution is -0.150. The second kappa shape index (κ2) is 11.0. The van der Waals surface area contributed by atoms with Crippen molar-refractivity contribution in [3.05, 3.63) is 75.8 Å². The molecule has 33 heavy (non-hydrogen) atoms. The molecule has 3 aromatic carbocycles. The first-order chi connectivity index (χ1) is 15.8. The molecule has 0 aliphatic heterocycles. The molecule has 0 bridgehead atoms. The molecule has 0 saturated carbocycles. The molecule has 3 rings (SSSR count). The molecule has 0 aromatic heterocycles. The highest BCUT2D eigenvalue weighted by Crippen LogP contribution is 2.22. The molecule has 0 radical (unpaired) electrons. The van der Waals surface area contributed by atoms with Crippen molar-refractivity contribution in [2.75, 3.05) is 27.3 Å². The summed E-state index contributed by atoms with van der Waals surface area (Å²) >= 11 is 11.8. The van der Waals surface area contributed by atoms with Crippen LogP contribution >= 0.6 is 23.2 Å². The fraction of sp³-hybridized carbons (Fsp3) is 0.208. The van der Waals surface area contributed by atoms with E-state index in [9.17, 15) is 14.4 Å². The predicted octanol–water partition coefficient (Wildman–Crippen LogP) is 4.09. The van der Waals surface area contributed by atoms with Gasteiger partial charge in [-0.05, 0) is 52.7 Å². The van der Waals surface area contributed by atoms with E-state index in [2.05, 4.69) is 5.32 Å². The summed E-state index contributed by atoms with van der Waals surface area (Å²) in [6, 6.07) is 16.0. The van der Waals surface area contributed by atoms with E-state index in [0.717, 1.165) is 22.1 Å². The second-order valence-corrected chi connectivity index (χ2v) is 8.11. The normalized spacial score (nSPS) is 10.5. The zero-order valence-electron chi connectivity index (χ0n) is 18.1. The number of halogens is 2. The third-order valence-electron chi connectivity index (χ3n) is 4.88. The Labute approximate surface area is 201 Å². The SMILES string of the molecule is COc1ccc2cc(CN(C)C(=O)COC(=O)CNC(=O)c3ccc(Cl)cc3Cl)ccc2c1. The maximum Gasteiger partial charge on any atom is 0.325 e. The molecule has 2 amide bonds. The molecule has 0 fully saturated rings. The summed E-state index contributed by atoms with van der Waals surface area (Å²) in [6.45, 7) is -0.481. The van der Waals surface area contributed by atoms with Crippen LogP contribution in [0.4, 0.5) is 0 Å². The lowest BCUT2D eigenvalue weighted by atomic mass is 10.1. The Kier molecular flexibility index (Phi) is 8.14. The molecule has 0 spiro atoms. The first-order valence-corrected chi connectivity index (χ1v) is 10.7. The van der Waals surface area contributed by atoms with Crippen LogP contribution in [0.1, 0.15) is 15.9 Å². The van der Waals surface area contributed by atoms with Crippen LogP contribution in [-0.2, 0) is 20.9 Å². The Hall–Kier alpha value is -3.29. The molecule has 0 atom stereocenters. The number of carbonyl (C=O) groups excluding carboxylic acids is 3. The molecule has 3 aromatic rings. The summed E-state index contributed by atoms with van der Waals surface area (Å²) < 4.78 is 10.2. The largest absolute Gasteiger partial charge is 0.497 e. The van der Waals surface area contributed by atoms with E-state index < -0.39 is 25.0 Å². The number of carbonyl (C=O) groups is 3. The summed E-state index contributed by atoms with van der Waals surface area (Å²) in [5.41, 5.74) is 1.11. The van der Waals surface area contributed by atoms with Crippen molar-refractivity contribution in [1.29, 1.82) is 0 Å². The average Bonchev–Trinajstić information content (AvgIpc) is 2.80. The van der Waals surface area contributed by atoms with Gasteiger partial charge in [-0.3, -0.25) is 14.4 Å². The van der Waals surface area contributed by atoms with Gasteiger partial charge in [-0.25, -0.2) is 0 Å². The number of nitrogens with one attached hydrogen (secondary N) is 1. The van der Waals surface area contributed by atoms with Gasteiger partial charge < -0.3 is 19.7 Å². The van der Waals surface area contributed by atoms with E-state index in [1.54, 1.807) is 14.2 Å². The lowest BCUT2D eigenvalue weighted by Gasteiger charge is -2.17. The van der Waals surface area contributed by atoms with Crippen LogP contribution in [0.2, 0.25) is 10.0 Å². The van der Waals surface area contributed by atoms with E-state index in [0.29, 0.717) is 11.6 Å². The highest BCUT2D eigenvalue weighted by molar-refractivity contribution is 6.36. The van der Waals surface area contributed by atoms with E-state index in [1.165, 1.54) is 23.1 Å². The predicted molar refractivity (Wildman–Crippen MR) is 127 cm³/mol. The third kappa shape index (κ3) is 6.60. The van der Waals surface area contributed by atoms with Gasteiger partial charge in [-0.1, -0.05) is 41.4 Å². The minimum atomic E-state index is -0.741. The van der Waals surface area contributed by atoms with Crippen LogP contribution in [-0.4, -0.2) is 50.0 Å². The number of rotatable bonds is 8. The number of likely N-dealkylation sites (N-methyl/N-ethyl adjacent to an activating group) is 1. The second-order valence-electron chi connectivity index (χ2n) is 7.26. The van der Waals surface area contributed by atoms with Crippen LogP contribution in [0.3, 0.4) is 0 Å². The van der Waals surface area contributed by atoms with Crippen LogP contribution in [0, 0.1) is 0 Å². The Bertz CT molecular complexity index is 1200. The summed E-state index contributed by atoms with van der Waals surface area (Å²) in [5.74, 6) is -0.886. The topological polar surface area (TPSA) is 84.9 Å². The van der Waals surface area contributed by atoms with Crippen molar-refractivity contribution in [3.8, 4) is 5.75 Å². The van der Waals surface area contributed by atoms with Crippen molar-refractivity contribution in [3.63, 3.8) is 0 Å². The smallest absolute Gasteiger partial charge is 0.325 e. The Morgan fingerprint density at radius 2 is 1.70 bits per heavy atom. The minimum absolute atomic E-state index is 0.165. The average molecular weight is 489 g/mol. The molecule has 0 saturated heterocycles. The zero-order valence-corrected chi connectivity index (χ0v) is 19.6. The van der Waals surface area contributed by atoms with Crippen LogP contribution in [0.5, 0.6) is 5.75 Å². The number of benzene rings is 3. The van der Waals surface area contributed by atoms with E-state index >= 15 is 0 Å². The summed E-state index contributed by atoms with van der Waals surface area (Å²) in [7, 11) is 3.24. The Morgan fingerprint density at radius 3 is 2.42 bits per heavy atom. The molecule has 0 unspecified atom stereocenters. The summed E-state index contributed by atoms with van der Waals surface area (Å²) in [6.07, 6.45) is 0. The van der Waals surface area contributed by atoms with Gasteiger partial charge in [0, 0.05) is 18.6 Å². The molecule has 0 aliphatic rings. The quantitative estimate of drug-likeness (QED) is 0.482. The molecular formula is C24H22Cl2N2O5. The lowest BCUT2D eigenvalue weighted by Crippen LogP contribution is -2.34. The maximum absolute atomic E-state index is 12.4. The number of hydrogen-bond acceptors (Lipinski definition) is 5. The highest BCUT2D eigenvalue weighted by Gasteiger charge is 2.15. The van der Waals surface area contributed by atoms with Gasteiger partial charge in [0.05, 0.1) is 17.7 Å². The zero-order chi connectivity index (χ0) is 24.0. The van der Waals surface area contributed by atoms with Crippen LogP contribution in [0.25, 0.3) is 10.8 Å². The number of amides is 2. The van der Waals surface area contributed by atoms with Gasteiger partial charge in [-0.15, -0.1) is 0 Å². The first-order valence-electron chi connectivity index (χ1n) is 9.96. The maximum atomic E-state index is 12.4. The summed E-state index contributed by atoms with van der Waals surface area (Å²) in [5, 5.41) is 5.01. The summed E-state index contributed by atoms with van der Waals surface area (Å²) in [4.78, 5) is 37.9. The molecule has 0 aliphatic carbocycles. The Balaban J connectivity index is 1.47. The van der Waals surface area contributed by atoms with Crippen molar-refractivity contribution < 1.29 is 23.9 Å². The molecule has 0 heterocycles. The van der Waals surface area contributed by atoms with Crippen molar-refractivity contribution in [2.45, 2.75) is 6.54 Å². The number of esters is 1. The number of hydrogen-bond donors (Lipinski definition) is 1. The van der Waals surface area contributed by atoms with Gasteiger partial charge in [0.25, 0.3) is 11.8 Å². The van der Waals surface area contributed by atoms with Crippen molar-refractivity contribution in [2.24, 2.45) is 0 Å². The minimum Gasteiger partial charge on any atom is -0.497 e. The molecule has 7 nitrogen and oxygen atoms in total. The van der Waals surface area contributed by atoms with Gasteiger partial charge in [0.2, 0.25) is 0 Å². The standard InChI is InChI=1S/C24H22Cl2N2O5/c1-28(13-15-3-4-17-10-19(32-2)7-5-16(17)9-15)22(29)14-33-23(30)12-27-24(31)20-8-6-18(25)11-21(20)26/h3-11H,12-14H2,1-2H3,(H,27,31). The monoisotopic (exact) mass is 488 g/mol. The van der Waals surface area contributed by atoms with Gasteiger partial charge >= 0.3 is 5.97 Å². The van der Waals surface area contributed by atoms with Gasteiger partial charge in [0.15, 0.2) is 6.61 Å². The number of ether oxygens (including phenoxy) is 2. The van der Waals surface area contributed by atoms with E-state index in [-0.39, 0.29) is 16.5 Å². The third-order valence-corrected chi connectivity index (χ3v) is 5.43. The number of methoxy groups -OCH3 is 1. The van der Waals surface area contributed by atoms with Crippen LogP contribution in [0.15, 0.2) is 54.6 Å². The fourth-order valence-electron chi connectivity index (χ4n) is 3.09. The first kappa shape index (κ1) is 24.4.